The smallest absolute Gasteiger partial charge is 0.338 e. The van der Waals surface area contributed by atoms with E-state index in [4.69, 9.17) is 4.74 Å². The van der Waals surface area contributed by atoms with E-state index < -0.39 is 18.2 Å². The molecule has 0 aliphatic carbocycles. The van der Waals surface area contributed by atoms with E-state index >= 15 is 0 Å². The summed E-state index contributed by atoms with van der Waals surface area (Å²) in [4.78, 5) is 11.4. The summed E-state index contributed by atoms with van der Waals surface area (Å²) in [6.45, 7) is -0.0302. The molecule has 1 unspecified atom stereocenters. The van der Waals surface area contributed by atoms with Crippen LogP contribution in [0.5, 0.6) is 0 Å². The largest absolute Gasteiger partial charge is 0.459 e. The van der Waals surface area contributed by atoms with Crippen LogP contribution in [0.2, 0.25) is 0 Å². The molecule has 1 aromatic carbocycles. The van der Waals surface area contributed by atoms with E-state index in [1.54, 1.807) is 30.3 Å². The number of aliphatic hydroxyl groups is 1. The minimum Gasteiger partial charge on any atom is -0.459 e. The number of carbonyl (C=O) groups excluding carboxylic acids is 1. The Kier molecular flexibility index (Phi) is 3.80. The molecule has 1 N–H and O–H groups in total. The fourth-order valence-corrected chi connectivity index (χ4v) is 0.917. The summed E-state index contributed by atoms with van der Waals surface area (Å²) in [6.07, 6.45) is 0. The van der Waals surface area contributed by atoms with Gasteiger partial charge < -0.3 is 9.84 Å². The number of alkyl halides is 1. The van der Waals surface area contributed by atoms with Crippen molar-refractivity contribution in [2.75, 3.05) is 13.3 Å². The van der Waals surface area contributed by atoms with Gasteiger partial charge in [-0.25, -0.2) is 9.18 Å². The lowest BCUT2D eigenvalue weighted by Gasteiger charge is -2.18. The van der Waals surface area contributed by atoms with Crippen molar-refractivity contribution in [2.24, 2.45) is 0 Å². The summed E-state index contributed by atoms with van der Waals surface area (Å²) in [6, 6.07) is 8.35. The lowest BCUT2D eigenvalue weighted by Crippen LogP contribution is -2.34. The van der Waals surface area contributed by atoms with Crippen LogP contribution in [0.4, 0.5) is 4.39 Å². The summed E-state index contributed by atoms with van der Waals surface area (Å²) in [7, 11) is 0. The number of ether oxygens (including phenoxy) is 1. The monoisotopic (exact) mass is 212 g/mol. The standard InChI is InChI=1S/C11H13FO3/c1-11(14,7-12)8-15-10(13)9-5-3-2-4-6-9/h2-6,14H,7-8H2,1H3. The number of benzene rings is 1. The van der Waals surface area contributed by atoms with Crippen molar-refractivity contribution in [2.45, 2.75) is 12.5 Å². The van der Waals surface area contributed by atoms with Gasteiger partial charge in [-0.1, -0.05) is 18.2 Å². The molecule has 0 spiro atoms. The van der Waals surface area contributed by atoms with Gasteiger partial charge >= 0.3 is 5.97 Å². The summed E-state index contributed by atoms with van der Waals surface area (Å²) in [5.74, 6) is -0.565. The van der Waals surface area contributed by atoms with Crippen LogP contribution < -0.4 is 0 Å². The van der Waals surface area contributed by atoms with Gasteiger partial charge in [0, 0.05) is 0 Å². The van der Waals surface area contributed by atoms with Gasteiger partial charge in [-0.3, -0.25) is 0 Å². The number of carbonyl (C=O) groups is 1. The molecule has 1 aromatic rings. The van der Waals surface area contributed by atoms with Crippen molar-refractivity contribution in [1.82, 2.24) is 0 Å². The highest BCUT2D eigenvalue weighted by atomic mass is 19.1. The minimum absolute atomic E-state index is 0.350. The summed E-state index contributed by atoms with van der Waals surface area (Å²) in [5.41, 5.74) is -1.23. The van der Waals surface area contributed by atoms with E-state index in [2.05, 4.69) is 0 Å². The van der Waals surface area contributed by atoms with Crippen molar-refractivity contribution in [3.8, 4) is 0 Å². The van der Waals surface area contributed by atoms with Crippen LogP contribution in [0.15, 0.2) is 30.3 Å². The summed E-state index contributed by atoms with van der Waals surface area (Å²) < 4.78 is 16.9. The molecule has 0 aliphatic heterocycles. The van der Waals surface area contributed by atoms with Gasteiger partial charge in [0.2, 0.25) is 0 Å². The van der Waals surface area contributed by atoms with Crippen molar-refractivity contribution in [3.05, 3.63) is 35.9 Å². The Hall–Kier alpha value is -1.42. The zero-order valence-electron chi connectivity index (χ0n) is 8.44. The molecule has 82 valence electrons. The minimum atomic E-state index is -1.61. The molecule has 0 saturated heterocycles. The average molecular weight is 212 g/mol. The van der Waals surface area contributed by atoms with Gasteiger partial charge in [-0.15, -0.1) is 0 Å². The molecule has 0 fully saturated rings. The van der Waals surface area contributed by atoms with Crippen LogP contribution in [0.25, 0.3) is 0 Å². The highest BCUT2D eigenvalue weighted by molar-refractivity contribution is 5.89. The van der Waals surface area contributed by atoms with Crippen LogP contribution in [0, 0.1) is 0 Å². The molecular weight excluding hydrogens is 199 g/mol. The molecule has 0 saturated carbocycles. The van der Waals surface area contributed by atoms with E-state index in [0.29, 0.717) is 5.56 Å². The van der Waals surface area contributed by atoms with E-state index in [9.17, 15) is 14.3 Å². The Balaban J connectivity index is 2.51. The van der Waals surface area contributed by atoms with Crippen LogP contribution in [0.1, 0.15) is 17.3 Å². The molecule has 3 nitrogen and oxygen atoms in total. The summed E-state index contributed by atoms with van der Waals surface area (Å²) >= 11 is 0. The number of rotatable bonds is 4. The predicted molar refractivity (Wildman–Crippen MR) is 53.3 cm³/mol. The van der Waals surface area contributed by atoms with Gasteiger partial charge in [0.25, 0.3) is 0 Å². The third-order valence-electron chi connectivity index (χ3n) is 1.81. The van der Waals surface area contributed by atoms with Crippen LogP contribution in [-0.2, 0) is 4.74 Å². The first-order valence-electron chi connectivity index (χ1n) is 4.56. The third kappa shape index (κ3) is 3.67. The highest BCUT2D eigenvalue weighted by Crippen LogP contribution is 2.07. The Morgan fingerprint density at radius 3 is 2.60 bits per heavy atom. The zero-order chi connectivity index (χ0) is 11.3. The second-order valence-corrected chi connectivity index (χ2v) is 3.57. The van der Waals surface area contributed by atoms with Gasteiger partial charge in [0.1, 0.15) is 18.9 Å². The van der Waals surface area contributed by atoms with E-state index in [0.717, 1.165) is 0 Å². The van der Waals surface area contributed by atoms with Crippen LogP contribution >= 0.6 is 0 Å². The van der Waals surface area contributed by atoms with Crippen molar-refractivity contribution in [3.63, 3.8) is 0 Å². The molecule has 4 heteroatoms. The number of esters is 1. The van der Waals surface area contributed by atoms with Gasteiger partial charge in [0.15, 0.2) is 0 Å². The maximum Gasteiger partial charge on any atom is 0.338 e. The molecule has 0 aromatic heterocycles. The van der Waals surface area contributed by atoms with Crippen LogP contribution in [0.3, 0.4) is 0 Å². The lowest BCUT2D eigenvalue weighted by molar-refractivity contribution is -0.0334. The first-order chi connectivity index (χ1) is 7.05. The fourth-order valence-electron chi connectivity index (χ4n) is 0.917. The molecule has 15 heavy (non-hydrogen) atoms. The number of hydrogen-bond acceptors (Lipinski definition) is 3. The topological polar surface area (TPSA) is 46.5 Å². The number of hydrogen-bond donors (Lipinski definition) is 1. The summed E-state index contributed by atoms with van der Waals surface area (Å²) in [5, 5.41) is 9.27. The normalized spacial score (nSPS) is 14.3. The van der Waals surface area contributed by atoms with E-state index in [-0.39, 0.29) is 6.61 Å². The fraction of sp³-hybridized carbons (Fsp3) is 0.364. The second-order valence-electron chi connectivity index (χ2n) is 3.57. The van der Waals surface area contributed by atoms with Crippen molar-refractivity contribution in [1.29, 1.82) is 0 Å². The molecule has 0 radical (unpaired) electrons. The Labute approximate surface area is 87.5 Å². The molecule has 1 atom stereocenters. The Bertz CT molecular complexity index is 322. The molecule has 0 amide bonds. The lowest BCUT2D eigenvalue weighted by atomic mass is 10.1. The van der Waals surface area contributed by atoms with Gasteiger partial charge in [-0.2, -0.15) is 0 Å². The van der Waals surface area contributed by atoms with Crippen molar-refractivity contribution < 1.29 is 19.0 Å². The second kappa shape index (κ2) is 4.89. The molecule has 1 rings (SSSR count). The van der Waals surface area contributed by atoms with Crippen molar-refractivity contribution >= 4 is 5.97 Å². The first kappa shape index (κ1) is 11.7. The maximum atomic E-state index is 12.2. The van der Waals surface area contributed by atoms with E-state index in [1.165, 1.54) is 6.92 Å². The number of halogens is 1. The third-order valence-corrected chi connectivity index (χ3v) is 1.81. The molecule has 0 aliphatic rings. The Morgan fingerprint density at radius 1 is 1.47 bits per heavy atom. The maximum absolute atomic E-state index is 12.2. The predicted octanol–water partition coefficient (Wildman–Crippen LogP) is 1.56. The zero-order valence-corrected chi connectivity index (χ0v) is 8.44. The first-order valence-corrected chi connectivity index (χ1v) is 4.56. The molecular formula is C11H13FO3. The SMILES string of the molecule is CC(O)(CF)COC(=O)c1ccccc1. The van der Waals surface area contributed by atoms with Gasteiger partial charge in [-0.05, 0) is 19.1 Å². The Morgan fingerprint density at radius 2 is 2.07 bits per heavy atom. The van der Waals surface area contributed by atoms with E-state index in [1.807, 2.05) is 0 Å². The average Bonchev–Trinajstić information content (AvgIpc) is 2.27. The molecule has 0 heterocycles. The van der Waals surface area contributed by atoms with Gasteiger partial charge in [0.05, 0.1) is 5.56 Å². The highest BCUT2D eigenvalue weighted by Gasteiger charge is 2.22. The molecule has 0 bridgehead atoms. The van der Waals surface area contributed by atoms with Crippen LogP contribution in [-0.4, -0.2) is 30.0 Å². The quantitative estimate of drug-likeness (QED) is 0.770.